The Balaban J connectivity index is 1.77. The summed E-state index contributed by atoms with van der Waals surface area (Å²) in [7, 11) is 0. The maximum atomic E-state index is 6.06. The summed E-state index contributed by atoms with van der Waals surface area (Å²) in [5.41, 5.74) is 8.97. The molecule has 3 aromatic heterocycles. The molecule has 2 N–H and O–H groups in total. The zero-order valence-corrected chi connectivity index (χ0v) is 13.0. The summed E-state index contributed by atoms with van der Waals surface area (Å²) in [5, 5.41) is 0.668. The highest BCUT2D eigenvalue weighted by Gasteiger charge is 2.18. The molecule has 0 bridgehead atoms. The van der Waals surface area contributed by atoms with Crippen molar-refractivity contribution in [3.63, 3.8) is 0 Å². The highest BCUT2D eigenvalue weighted by atomic mass is 16.7. The summed E-state index contributed by atoms with van der Waals surface area (Å²) in [6, 6.07) is 11.3. The highest BCUT2D eigenvalue weighted by molar-refractivity contribution is 5.99. The zero-order valence-electron chi connectivity index (χ0n) is 13.0. The van der Waals surface area contributed by atoms with Crippen molar-refractivity contribution in [3.8, 4) is 34.1 Å². The van der Waals surface area contributed by atoms with Crippen molar-refractivity contribution in [1.29, 1.82) is 0 Å². The molecule has 0 amide bonds. The van der Waals surface area contributed by atoms with Gasteiger partial charge in [0.2, 0.25) is 6.79 Å². The second-order valence-corrected chi connectivity index (χ2v) is 5.56. The zero-order chi connectivity index (χ0) is 16.8. The molecule has 0 saturated heterocycles. The Bertz CT molecular complexity index is 1090. The van der Waals surface area contributed by atoms with E-state index in [9.17, 15) is 0 Å². The first kappa shape index (κ1) is 13.8. The van der Waals surface area contributed by atoms with Crippen molar-refractivity contribution < 1.29 is 13.9 Å². The molecule has 1 aliphatic heterocycles. The number of hydrogen-bond donors (Lipinski definition) is 1. The van der Waals surface area contributed by atoms with Crippen LogP contribution in [0.4, 0.5) is 5.82 Å². The SMILES string of the molecule is Nc1ncnc2nc(-c3ccc4c(c3)OCO4)cc(-c3ccco3)c12. The standard InChI is InChI=1S/C18H12N4O3/c19-17-16-11(13-2-1-5-23-13)7-12(22-18(16)21-8-20-17)10-3-4-14-15(6-10)25-9-24-14/h1-8H,9H2,(H2,19,20,21,22). The molecular formula is C18H12N4O3. The van der Waals surface area contributed by atoms with Crippen molar-refractivity contribution in [2.75, 3.05) is 12.5 Å². The number of rotatable bonds is 2. The minimum Gasteiger partial charge on any atom is -0.464 e. The van der Waals surface area contributed by atoms with E-state index >= 15 is 0 Å². The van der Waals surface area contributed by atoms with Gasteiger partial charge in [0.05, 0.1) is 17.3 Å². The minimum absolute atomic E-state index is 0.228. The molecular weight excluding hydrogens is 320 g/mol. The summed E-state index contributed by atoms with van der Waals surface area (Å²) < 4.78 is 16.4. The average molecular weight is 332 g/mol. The molecule has 122 valence electrons. The summed E-state index contributed by atoms with van der Waals surface area (Å²) in [6.07, 6.45) is 3.02. The summed E-state index contributed by atoms with van der Waals surface area (Å²) in [5.74, 6) is 2.46. The molecule has 1 aromatic carbocycles. The predicted molar refractivity (Wildman–Crippen MR) is 91.0 cm³/mol. The molecule has 7 nitrogen and oxygen atoms in total. The van der Waals surface area contributed by atoms with Gasteiger partial charge in [0.1, 0.15) is 17.9 Å². The lowest BCUT2D eigenvalue weighted by molar-refractivity contribution is 0.174. The van der Waals surface area contributed by atoms with Crippen molar-refractivity contribution in [2.45, 2.75) is 0 Å². The maximum Gasteiger partial charge on any atom is 0.231 e. The smallest absolute Gasteiger partial charge is 0.231 e. The van der Waals surface area contributed by atoms with E-state index < -0.39 is 0 Å². The molecule has 4 heterocycles. The van der Waals surface area contributed by atoms with E-state index in [4.69, 9.17) is 19.6 Å². The second kappa shape index (κ2) is 5.20. The fraction of sp³-hybridized carbons (Fsp3) is 0.0556. The van der Waals surface area contributed by atoms with Crippen LogP contribution in [0.25, 0.3) is 33.6 Å². The van der Waals surface area contributed by atoms with Gasteiger partial charge in [-0.15, -0.1) is 0 Å². The first-order valence-electron chi connectivity index (χ1n) is 7.65. The van der Waals surface area contributed by atoms with Crippen molar-refractivity contribution in [1.82, 2.24) is 15.0 Å². The molecule has 0 atom stereocenters. The van der Waals surface area contributed by atoms with Crippen LogP contribution in [-0.4, -0.2) is 21.7 Å². The maximum absolute atomic E-state index is 6.06. The van der Waals surface area contributed by atoms with E-state index in [-0.39, 0.29) is 6.79 Å². The molecule has 25 heavy (non-hydrogen) atoms. The number of pyridine rings is 1. The van der Waals surface area contributed by atoms with Crippen LogP contribution in [0.15, 0.2) is 53.4 Å². The quantitative estimate of drug-likeness (QED) is 0.602. The van der Waals surface area contributed by atoms with Crippen LogP contribution < -0.4 is 15.2 Å². The van der Waals surface area contributed by atoms with Crippen LogP contribution >= 0.6 is 0 Å². The fourth-order valence-corrected chi connectivity index (χ4v) is 2.92. The van der Waals surface area contributed by atoms with Crippen molar-refractivity contribution in [3.05, 3.63) is 49.0 Å². The average Bonchev–Trinajstić information content (AvgIpc) is 3.32. The summed E-state index contributed by atoms with van der Waals surface area (Å²) in [4.78, 5) is 13.0. The Morgan fingerprint density at radius 1 is 1.00 bits per heavy atom. The monoisotopic (exact) mass is 332 g/mol. The number of ether oxygens (including phenoxy) is 2. The predicted octanol–water partition coefficient (Wildman–Crippen LogP) is 3.26. The van der Waals surface area contributed by atoms with E-state index in [0.29, 0.717) is 28.4 Å². The summed E-state index contributed by atoms with van der Waals surface area (Å²) >= 11 is 0. The first-order chi connectivity index (χ1) is 12.3. The molecule has 4 aromatic rings. The van der Waals surface area contributed by atoms with Crippen LogP contribution in [0.1, 0.15) is 0 Å². The van der Waals surface area contributed by atoms with Crippen LogP contribution in [0.2, 0.25) is 0 Å². The Morgan fingerprint density at radius 3 is 2.80 bits per heavy atom. The van der Waals surface area contributed by atoms with Gasteiger partial charge in [0, 0.05) is 11.1 Å². The van der Waals surface area contributed by atoms with E-state index in [1.807, 2.05) is 36.4 Å². The number of nitrogen functional groups attached to an aromatic ring is 1. The van der Waals surface area contributed by atoms with Crippen LogP contribution in [0, 0.1) is 0 Å². The number of hydrogen-bond acceptors (Lipinski definition) is 7. The molecule has 0 aliphatic carbocycles. The third-order valence-corrected chi connectivity index (χ3v) is 4.09. The van der Waals surface area contributed by atoms with Gasteiger partial charge in [-0.2, -0.15) is 0 Å². The molecule has 5 rings (SSSR count). The Labute approximate surface area is 142 Å². The third kappa shape index (κ3) is 2.17. The Morgan fingerprint density at radius 2 is 1.92 bits per heavy atom. The van der Waals surface area contributed by atoms with E-state index in [0.717, 1.165) is 22.6 Å². The van der Waals surface area contributed by atoms with Gasteiger partial charge >= 0.3 is 0 Å². The fourth-order valence-electron chi connectivity index (χ4n) is 2.92. The number of benzene rings is 1. The topological polar surface area (TPSA) is 96.3 Å². The van der Waals surface area contributed by atoms with Crippen LogP contribution in [-0.2, 0) is 0 Å². The molecule has 0 saturated carbocycles. The number of aromatic nitrogens is 3. The lowest BCUT2D eigenvalue weighted by Gasteiger charge is -2.09. The van der Waals surface area contributed by atoms with Crippen LogP contribution in [0.5, 0.6) is 11.5 Å². The molecule has 0 unspecified atom stereocenters. The number of anilines is 1. The van der Waals surface area contributed by atoms with Gasteiger partial charge < -0.3 is 19.6 Å². The van der Waals surface area contributed by atoms with Gasteiger partial charge in [-0.1, -0.05) is 0 Å². The van der Waals surface area contributed by atoms with Gasteiger partial charge in [-0.25, -0.2) is 15.0 Å². The Hall–Kier alpha value is -3.61. The van der Waals surface area contributed by atoms with E-state index in [2.05, 4.69) is 15.0 Å². The molecule has 7 heteroatoms. The molecule has 1 aliphatic rings. The third-order valence-electron chi connectivity index (χ3n) is 4.09. The summed E-state index contributed by atoms with van der Waals surface area (Å²) in [6.45, 7) is 0.228. The lowest BCUT2D eigenvalue weighted by atomic mass is 10.0. The number of nitrogens with zero attached hydrogens (tertiary/aromatic N) is 3. The number of fused-ring (bicyclic) bond motifs is 2. The van der Waals surface area contributed by atoms with Crippen molar-refractivity contribution >= 4 is 16.9 Å². The molecule has 0 spiro atoms. The van der Waals surface area contributed by atoms with Gasteiger partial charge in [0.25, 0.3) is 0 Å². The highest BCUT2D eigenvalue weighted by Crippen LogP contribution is 2.38. The normalized spacial score (nSPS) is 12.6. The molecule has 0 radical (unpaired) electrons. The van der Waals surface area contributed by atoms with Gasteiger partial charge in [-0.3, -0.25) is 0 Å². The van der Waals surface area contributed by atoms with Crippen LogP contribution in [0.3, 0.4) is 0 Å². The lowest BCUT2D eigenvalue weighted by Crippen LogP contribution is -1.98. The van der Waals surface area contributed by atoms with E-state index in [1.165, 1.54) is 6.33 Å². The molecule has 0 fully saturated rings. The number of furan rings is 1. The van der Waals surface area contributed by atoms with Gasteiger partial charge in [-0.05, 0) is 36.4 Å². The van der Waals surface area contributed by atoms with Gasteiger partial charge in [0.15, 0.2) is 17.1 Å². The Kier molecular flexibility index (Phi) is 2.87. The number of nitrogens with two attached hydrogens (primary N) is 1. The largest absolute Gasteiger partial charge is 0.464 e. The minimum atomic E-state index is 0.228. The van der Waals surface area contributed by atoms with Crippen molar-refractivity contribution in [2.24, 2.45) is 0 Å². The second-order valence-electron chi connectivity index (χ2n) is 5.56. The first-order valence-corrected chi connectivity index (χ1v) is 7.65. The van der Waals surface area contributed by atoms with E-state index in [1.54, 1.807) is 6.26 Å².